The summed E-state index contributed by atoms with van der Waals surface area (Å²) in [6.07, 6.45) is 1.03. The second-order valence-electron chi connectivity index (χ2n) is 9.35. The van der Waals surface area contributed by atoms with Crippen molar-refractivity contribution in [3.8, 4) is 11.4 Å². The number of amides is 2. The molecule has 0 spiro atoms. The summed E-state index contributed by atoms with van der Waals surface area (Å²) in [6, 6.07) is 13.4. The van der Waals surface area contributed by atoms with Gasteiger partial charge in [0, 0.05) is 45.0 Å². The lowest BCUT2D eigenvalue weighted by Crippen LogP contribution is -2.39. The number of fused-ring (bicyclic) bond motifs is 1. The Balaban J connectivity index is 1.39. The second-order valence-corrected chi connectivity index (χ2v) is 9.35. The minimum Gasteiger partial charge on any atom is -0.392 e. The predicted octanol–water partition coefficient (Wildman–Crippen LogP) is 1.19. The van der Waals surface area contributed by atoms with E-state index < -0.39 is 0 Å². The molecule has 35 heavy (non-hydrogen) atoms. The summed E-state index contributed by atoms with van der Waals surface area (Å²) in [4.78, 5) is 31.1. The van der Waals surface area contributed by atoms with Crippen LogP contribution in [0.15, 0.2) is 42.5 Å². The third kappa shape index (κ3) is 4.80. The maximum absolute atomic E-state index is 13.5. The molecule has 0 unspecified atom stereocenters. The normalized spacial score (nSPS) is 18.7. The summed E-state index contributed by atoms with van der Waals surface area (Å²) in [6.45, 7) is 1.99. The number of benzene rings is 2. The molecule has 0 radical (unpaired) electrons. The molecule has 1 saturated heterocycles. The Morgan fingerprint density at radius 2 is 2.14 bits per heavy atom. The van der Waals surface area contributed by atoms with Crippen LogP contribution in [-0.4, -0.2) is 87.2 Å². The number of likely N-dealkylation sites (N-methyl/N-ethyl adjacent to an activating group) is 2. The van der Waals surface area contributed by atoms with Gasteiger partial charge in [0.25, 0.3) is 0 Å². The zero-order chi connectivity index (χ0) is 24.5. The van der Waals surface area contributed by atoms with Gasteiger partial charge >= 0.3 is 0 Å². The average molecular weight is 476 g/mol. The van der Waals surface area contributed by atoms with E-state index in [4.69, 9.17) is 0 Å². The van der Waals surface area contributed by atoms with E-state index in [-0.39, 0.29) is 30.4 Å². The molecule has 3 aromatic rings. The molecule has 10 heteroatoms. The molecule has 0 aliphatic carbocycles. The van der Waals surface area contributed by atoms with Crippen molar-refractivity contribution >= 4 is 17.5 Å². The molecule has 3 heterocycles. The Bertz CT molecular complexity index is 1230. The lowest BCUT2D eigenvalue weighted by molar-refractivity contribution is -0.131. The van der Waals surface area contributed by atoms with Crippen molar-refractivity contribution in [3.63, 3.8) is 0 Å². The van der Waals surface area contributed by atoms with Crippen molar-refractivity contribution in [3.05, 3.63) is 59.2 Å². The number of nitrogens with one attached hydrogen (secondary N) is 1. The maximum atomic E-state index is 13.5. The van der Waals surface area contributed by atoms with Crippen molar-refractivity contribution in [1.82, 2.24) is 30.4 Å². The molecule has 2 atom stereocenters. The van der Waals surface area contributed by atoms with E-state index in [9.17, 15) is 14.7 Å². The van der Waals surface area contributed by atoms with Crippen molar-refractivity contribution < 1.29 is 14.7 Å². The van der Waals surface area contributed by atoms with Gasteiger partial charge in [-0.1, -0.05) is 30.3 Å². The van der Waals surface area contributed by atoms with Crippen LogP contribution in [0.2, 0.25) is 0 Å². The lowest BCUT2D eigenvalue weighted by Gasteiger charge is -2.32. The fraction of sp³-hybridized carbons (Fsp3) is 0.400. The summed E-state index contributed by atoms with van der Waals surface area (Å²) in [5, 5.41) is 24.3. The number of aliphatic hydroxyl groups excluding tert-OH is 1. The highest BCUT2D eigenvalue weighted by atomic mass is 16.3. The van der Waals surface area contributed by atoms with Gasteiger partial charge in [0.05, 0.1) is 25.0 Å². The zero-order valence-electron chi connectivity index (χ0n) is 19.9. The van der Waals surface area contributed by atoms with Gasteiger partial charge in [-0.15, -0.1) is 10.2 Å². The molecule has 0 saturated carbocycles. The summed E-state index contributed by atoms with van der Waals surface area (Å²) >= 11 is 0. The average Bonchev–Trinajstić information content (AvgIpc) is 3.59. The fourth-order valence-electron chi connectivity index (χ4n) is 4.91. The third-order valence-electron chi connectivity index (χ3n) is 7.00. The van der Waals surface area contributed by atoms with Crippen molar-refractivity contribution in [2.75, 3.05) is 38.6 Å². The highest BCUT2D eigenvalue weighted by molar-refractivity contribution is 6.01. The van der Waals surface area contributed by atoms with Crippen LogP contribution in [0.1, 0.15) is 29.2 Å². The summed E-state index contributed by atoms with van der Waals surface area (Å²) in [5.41, 5.74) is 4.51. The number of β-amino-alcohol motifs (C(OH)–C–C–N with tert-alkyl or cyclic N) is 1. The topological polar surface area (TPSA) is 119 Å². The molecule has 2 aromatic carbocycles. The van der Waals surface area contributed by atoms with Gasteiger partial charge < -0.3 is 14.9 Å². The van der Waals surface area contributed by atoms with Crippen molar-refractivity contribution in [1.29, 1.82) is 0 Å². The van der Waals surface area contributed by atoms with E-state index in [2.05, 4.69) is 25.5 Å². The number of aliphatic hydroxyl groups is 1. The molecule has 2 aliphatic rings. The third-order valence-corrected chi connectivity index (χ3v) is 7.00. The number of anilines is 1. The zero-order valence-corrected chi connectivity index (χ0v) is 19.9. The van der Waals surface area contributed by atoms with Crippen LogP contribution in [-0.2, 0) is 22.4 Å². The first-order chi connectivity index (χ1) is 16.9. The van der Waals surface area contributed by atoms with Crippen LogP contribution in [0.5, 0.6) is 0 Å². The number of rotatable bonds is 7. The van der Waals surface area contributed by atoms with Crippen molar-refractivity contribution in [2.24, 2.45) is 0 Å². The van der Waals surface area contributed by atoms with Crippen LogP contribution >= 0.6 is 0 Å². The fourth-order valence-corrected chi connectivity index (χ4v) is 4.91. The summed E-state index contributed by atoms with van der Waals surface area (Å²) < 4.78 is 0. The number of carbonyl (C=O) groups excluding carboxylic acids is 2. The molecule has 5 rings (SSSR count). The van der Waals surface area contributed by atoms with Gasteiger partial charge in [0.15, 0.2) is 0 Å². The molecule has 2 amide bonds. The van der Waals surface area contributed by atoms with Gasteiger partial charge in [-0.2, -0.15) is 5.21 Å². The predicted molar refractivity (Wildman–Crippen MR) is 129 cm³/mol. The van der Waals surface area contributed by atoms with E-state index in [1.165, 1.54) is 0 Å². The monoisotopic (exact) mass is 475 g/mol. The van der Waals surface area contributed by atoms with Gasteiger partial charge in [-0.3, -0.25) is 14.5 Å². The van der Waals surface area contributed by atoms with Crippen LogP contribution in [0, 0.1) is 0 Å². The smallest absolute Gasteiger partial charge is 0.231 e. The van der Waals surface area contributed by atoms with Crippen LogP contribution in [0.25, 0.3) is 11.4 Å². The van der Waals surface area contributed by atoms with Crippen LogP contribution in [0.3, 0.4) is 0 Å². The molecule has 1 fully saturated rings. The number of H-pyrrole nitrogens is 1. The molecule has 2 N–H and O–H groups in total. The number of likely N-dealkylation sites (tertiary alicyclic amines) is 1. The summed E-state index contributed by atoms with van der Waals surface area (Å²) in [5.74, 6) is 0.537. The summed E-state index contributed by atoms with van der Waals surface area (Å²) in [7, 11) is 3.59. The number of hydrogen-bond donors (Lipinski definition) is 2. The number of carbonyl (C=O) groups is 2. The minimum absolute atomic E-state index is 0.0216. The number of hydrogen-bond acceptors (Lipinski definition) is 7. The lowest BCUT2D eigenvalue weighted by atomic mass is 10.0. The Morgan fingerprint density at radius 3 is 2.89 bits per heavy atom. The number of nitrogens with zero attached hydrogens (tertiary/aromatic N) is 6. The molecular formula is C25H29N7O3. The van der Waals surface area contributed by atoms with E-state index in [1.807, 2.05) is 49.5 Å². The number of aromatic nitrogens is 4. The Kier molecular flexibility index (Phi) is 6.31. The first-order valence-corrected chi connectivity index (χ1v) is 11.8. The first kappa shape index (κ1) is 23.1. The number of tetrazole rings is 1. The molecular weight excluding hydrogens is 446 g/mol. The molecule has 2 aliphatic heterocycles. The highest BCUT2D eigenvalue weighted by Crippen LogP contribution is 2.30. The van der Waals surface area contributed by atoms with E-state index in [1.54, 1.807) is 16.8 Å². The van der Waals surface area contributed by atoms with E-state index in [0.717, 1.165) is 40.9 Å². The Labute approximate surface area is 203 Å². The minimum atomic E-state index is -0.339. The largest absolute Gasteiger partial charge is 0.392 e. The number of aromatic amines is 1. The van der Waals surface area contributed by atoms with Crippen molar-refractivity contribution in [2.45, 2.75) is 31.4 Å². The molecule has 10 nitrogen and oxygen atoms in total. The molecule has 0 bridgehead atoms. The standard InChI is InChI=1S/C25H29N7O3/c1-30-21-10-16(6-7-18(21)13-24(30)35)11-23(34)31(2)22(15-32-9-8-20(33)14-32)17-4-3-5-19(12-17)25-26-28-29-27-25/h3-7,10,12,20,22,33H,8-9,11,13-15H2,1-2H3,(H,26,27,28,29)/t20-,22+/m0/s1. The molecule has 182 valence electrons. The van der Waals surface area contributed by atoms with E-state index >= 15 is 0 Å². The van der Waals surface area contributed by atoms with Gasteiger partial charge in [0.2, 0.25) is 17.6 Å². The van der Waals surface area contributed by atoms with Gasteiger partial charge in [0.1, 0.15) is 0 Å². The van der Waals surface area contributed by atoms with Gasteiger partial charge in [-0.25, -0.2) is 0 Å². The maximum Gasteiger partial charge on any atom is 0.231 e. The quantitative estimate of drug-likeness (QED) is 0.527. The molecule has 1 aromatic heterocycles. The Hall–Kier alpha value is -3.63. The SMILES string of the molecule is CN1C(=O)Cc2ccc(CC(=O)N(C)[C@H](CN3CC[C@H](O)C3)c3cccc(-c4nn[nH]n4)c3)cc21. The van der Waals surface area contributed by atoms with Crippen LogP contribution < -0.4 is 4.90 Å². The van der Waals surface area contributed by atoms with Crippen LogP contribution in [0.4, 0.5) is 5.69 Å². The second kappa shape index (κ2) is 9.55. The highest BCUT2D eigenvalue weighted by Gasteiger charge is 2.29. The first-order valence-electron chi connectivity index (χ1n) is 11.8. The Morgan fingerprint density at radius 1 is 1.29 bits per heavy atom. The van der Waals surface area contributed by atoms with E-state index in [0.29, 0.717) is 25.3 Å². The van der Waals surface area contributed by atoms with Gasteiger partial charge in [-0.05, 0) is 40.5 Å².